The van der Waals surface area contributed by atoms with E-state index in [1.54, 1.807) is 0 Å². The van der Waals surface area contributed by atoms with Crippen LogP contribution in [0.5, 0.6) is 0 Å². The van der Waals surface area contributed by atoms with Gasteiger partial charge in [-0.25, -0.2) is 0 Å². The molecule has 3 nitrogen and oxygen atoms in total. The summed E-state index contributed by atoms with van der Waals surface area (Å²) in [6, 6.07) is 2.11. The SMILES string of the molecule is CC1(C)Cc2c(oc(N)c2C#N)CS1. The Balaban J connectivity index is 2.50. The van der Waals surface area contributed by atoms with E-state index >= 15 is 0 Å². The van der Waals surface area contributed by atoms with Gasteiger partial charge in [-0.1, -0.05) is 13.8 Å². The minimum absolute atomic E-state index is 0.176. The Hall–Kier alpha value is -1.08. The molecule has 0 amide bonds. The molecule has 0 atom stereocenters. The van der Waals surface area contributed by atoms with Crippen LogP contribution in [0.15, 0.2) is 4.42 Å². The Morgan fingerprint density at radius 3 is 2.93 bits per heavy atom. The first-order valence-corrected chi connectivity index (χ1v) is 5.46. The van der Waals surface area contributed by atoms with Crippen molar-refractivity contribution in [2.24, 2.45) is 0 Å². The van der Waals surface area contributed by atoms with Crippen molar-refractivity contribution in [2.45, 2.75) is 30.8 Å². The smallest absolute Gasteiger partial charge is 0.208 e. The maximum Gasteiger partial charge on any atom is 0.208 e. The van der Waals surface area contributed by atoms with E-state index in [9.17, 15) is 0 Å². The Morgan fingerprint density at radius 1 is 1.57 bits per heavy atom. The molecule has 0 bridgehead atoms. The van der Waals surface area contributed by atoms with Crippen molar-refractivity contribution < 1.29 is 4.42 Å². The van der Waals surface area contributed by atoms with Crippen LogP contribution in [0, 0.1) is 11.3 Å². The van der Waals surface area contributed by atoms with Gasteiger partial charge in [0.25, 0.3) is 0 Å². The van der Waals surface area contributed by atoms with Gasteiger partial charge in [0.2, 0.25) is 5.88 Å². The maximum atomic E-state index is 8.94. The Bertz CT molecular complexity index is 414. The van der Waals surface area contributed by atoms with E-state index in [1.807, 2.05) is 11.8 Å². The van der Waals surface area contributed by atoms with Crippen molar-refractivity contribution in [2.75, 3.05) is 5.73 Å². The van der Waals surface area contributed by atoms with Crippen LogP contribution < -0.4 is 5.73 Å². The summed E-state index contributed by atoms with van der Waals surface area (Å²) in [5.41, 5.74) is 7.17. The van der Waals surface area contributed by atoms with E-state index < -0.39 is 0 Å². The molecule has 0 radical (unpaired) electrons. The second-order valence-electron chi connectivity index (χ2n) is 4.08. The number of nitrogen functional groups attached to an aromatic ring is 1. The molecule has 14 heavy (non-hydrogen) atoms. The maximum absolute atomic E-state index is 8.94. The van der Waals surface area contributed by atoms with E-state index in [-0.39, 0.29) is 10.6 Å². The Kier molecular flexibility index (Phi) is 2.00. The van der Waals surface area contributed by atoms with E-state index in [4.69, 9.17) is 15.4 Å². The summed E-state index contributed by atoms with van der Waals surface area (Å²) in [7, 11) is 0. The average molecular weight is 208 g/mol. The topological polar surface area (TPSA) is 62.9 Å². The summed E-state index contributed by atoms with van der Waals surface area (Å²) in [5.74, 6) is 1.97. The summed E-state index contributed by atoms with van der Waals surface area (Å²) >= 11 is 1.84. The molecule has 4 heteroatoms. The van der Waals surface area contributed by atoms with Crippen LogP contribution in [-0.4, -0.2) is 4.75 Å². The van der Waals surface area contributed by atoms with Gasteiger partial charge in [-0.15, -0.1) is 11.8 Å². The van der Waals surface area contributed by atoms with Crippen LogP contribution in [0.25, 0.3) is 0 Å². The highest BCUT2D eigenvalue weighted by Crippen LogP contribution is 2.41. The summed E-state index contributed by atoms with van der Waals surface area (Å²) in [4.78, 5) is 0. The first kappa shape index (κ1) is 9.47. The second kappa shape index (κ2) is 2.96. The molecule has 0 unspecified atom stereocenters. The first-order chi connectivity index (χ1) is 6.53. The molecular weight excluding hydrogens is 196 g/mol. The van der Waals surface area contributed by atoms with Crippen LogP contribution in [0.2, 0.25) is 0 Å². The van der Waals surface area contributed by atoms with E-state index in [0.717, 1.165) is 23.5 Å². The van der Waals surface area contributed by atoms with E-state index in [2.05, 4.69) is 19.9 Å². The number of nitrogens with zero attached hydrogens (tertiary/aromatic N) is 1. The number of rotatable bonds is 0. The molecule has 1 aliphatic rings. The summed E-state index contributed by atoms with van der Waals surface area (Å²) in [6.45, 7) is 4.34. The van der Waals surface area contributed by atoms with Crippen molar-refractivity contribution in [1.29, 1.82) is 5.26 Å². The predicted octanol–water partition coefficient (Wildman–Crippen LogP) is 2.30. The molecule has 2 rings (SSSR count). The van der Waals surface area contributed by atoms with Crippen molar-refractivity contribution in [3.8, 4) is 6.07 Å². The van der Waals surface area contributed by atoms with Crippen molar-refractivity contribution >= 4 is 17.6 Å². The highest BCUT2D eigenvalue weighted by Gasteiger charge is 2.31. The van der Waals surface area contributed by atoms with Gasteiger partial charge in [-0.3, -0.25) is 0 Å². The van der Waals surface area contributed by atoms with Crippen molar-refractivity contribution in [3.05, 3.63) is 16.9 Å². The van der Waals surface area contributed by atoms with Crippen LogP contribution in [0.4, 0.5) is 5.88 Å². The van der Waals surface area contributed by atoms with Crippen molar-refractivity contribution in [3.63, 3.8) is 0 Å². The third-order valence-corrected chi connectivity index (χ3v) is 3.76. The molecule has 0 fully saturated rings. The largest absolute Gasteiger partial charge is 0.443 e. The molecule has 0 spiro atoms. The monoisotopic (exact) mass is 208 g/mol. The number of anilines is 1. The molecule has 2 N–H and O–H groups in total. The number of thioether (sulfide) groups is 1. The van der Waals surface area contributed by atoms with Gasteiger partial charge in [-0.2, -0.15) is 5.26 Å². The fourth-order valence-electron chi connectivity index (χ4n) is 1.70. The minimum Gasteiger partial charge on any atom is -0.443 e. The number of furan rings is 1. The van der Waals surface area contributed by atoms with E-state index in [0.29, 0.717) is 5.56 Å². The van der Waals surface area contributed by atoms with Gasteiger partial charge < -0.3 is 10.2 Å². The number of fused-ring (bicyclic) bond motifs is 1. The third-order valence-electron chi connectivity index (χ3n) is 2.43. The number of hydrogen-bond donors (Lipinski definition) is 1. The van der Waals surface area contributed by atoms with Gasteiger partial charge >= 0.3 is 0 Å². The number of nitriles is 1. The molecule has 1 aromatic rings. The number of hydrogen-bond acceptors (Lipinski definition) is 4. The highest BCUT2D eigenvalue weighted by atomic mass is 32.2. The third kappa shape index (κ3) is 1.38. The summed E-state index contributed by atoms with van der Waals surface area (Å²) < 4.78 is 5.53. The molecule has 2 heterocycles. The molecule has 0 saturated heterocycles. The lowest BCUT2D eigenvalue weighted by molar-refractivity contribution is 0.532. The fourth-order valence-corrected chi connectivity index (χ4v) is 2.70. The van der Waals surface area contributed by atoms with Gasteiger partial charge in [-0.05, 0) is 6.42 Å². The lowest BCUT2D eigenvalue weighted by Crippen LogP contribution is -2.23. The molecule has 0 saturated carbocycles. The van der Waals surface area contributed by atoms with E-state index in [1.165, 1.54) is 0 Å². The molecule has 0 aliphatic carbocycles. The van der Waals surface area contributed by atoms with Gasteiger partial charge in [0.1, 0.15) is 17.4 Å². The van der Waals surface area contributed by atoms with Crippen LogP contribution >= 0.6 is 11.8 Å². The number of nitrogens with two attached hydrogens (primary N) is 1. The van der Waals surface area contributed by atoms with Gasteiger partial charge in [0.15, 0.2) is 0 Å². The zero-order chi connectivity index (χ0) is 10.3. The molecule has 1 aromatic heterocycles. The molecule has 74 valence electrons. The van der Waals surface area contributed by atoms with Crippen molar-refractivity contribution in [1.82, 2.24) is 0 Å². The summed E-state index contributed by atoms with van der Waals surface area (Å²) in [5, 5.41) is 8.94. The Labute approximate surface area is 87.3 Å². The standard InChI is InChI=1S/C10H12N2OS/c1-10(2)3-6-7(4-11)9(12)13-8(6)5-14-10/h3,5,12H2,1-2H3. The lowest BCUT2D eigenvalue weighted by atomic mass is 9.98. The van der Waals surface area contributed by atoms with Crippen LogP contribution in [0.1, 0.15) is 30.7 Å². The van der Waals surface area contributed by atoms with Gasteiger partial charge in [0.05, 0.1) is 5.75 Å². The first-order valence-electron chi connectivity index (χ1n) is 4.47. The Morgan fingerprint density at radius 2 is 2.29 bits per heavy atom. The summed E-state index contributed by atoms with van der Waals surface area (Å²) in [6.07, 6.45) is 0.858. The zero-order valence-electron chi connectivity index (χ0n) is 8.26. The lowest BCUT2D eigenvalue weighted by Gasteiger charge is -2.27. The van der Waals surface area contributed by atoms with Gasteiger partial charge in [0, 0.05) is 10.3 Å². The molecular formula is C10H12N2OS. The average Bonchev–Trinajstić information content (AvgIpc) is 2.39. The predicted molar refractivity (Wildman–Crippen MR) is 56.9 cm³/mol. The zero-order valence-corrected chi connectivity index (χ0v) is 9.07. The highest BCUT2D eigenvalue weighted by molar-refractivity contribution is 7.99. The van der Waals surface area contributed by atoms with Crippen LogP contribution in [0.3, 0.4) is 0 Å². The van der Waals surface area contributed by atoms with Crippen LogP contribution in [-0.2, 0) is 12.2 Å². The minimum atomic E-state index is 0.176. The quantitative estimate of drug-likeness (QED) is 0.710. The fraction of sp³-hybridized carbons (Fsp3) is 0.500. The normalized spacial score (nSPS) is 18.6. The molecule has 0 aromatic carbocycles. The molecule has 1 aliphatic heterocycles. The second-order valence-corrected chi connectivity index (χ2v) is 5.76.